The SMILES string of the molecule is CCC(SC1=N/C(=C/c2ccc(OC)cc2)C(=O)N1c1cc(C)cc(C)c1)C(N)=O. The molecule has 2 aromatic carbocycles. The van der Waals surface area contributed by atoms with E-state index in [4.69, 9.17) is 10.5 Å². The van der Waals surface area contributed by atoms with E-state index in [0.717, 1.165) is 28.1 Å². The molecule has 3 rings (SSSR count). The maximum Gasteiger partial charge on any atom is 0.283 e. The van der Waals surface area contributed by atoms with Gasteiger partial charge in [0.05, 0.1) is 18.0 Å². The third-order valence-corrected chi connectivity index (χ3v) is 5.98. The van der Waals surface area contributed by atoms with E-state index in [1.165, 1.54) is 11.8 Å². The Kier molecular flexibility index (Phi) is 6.62. The van der Waals surface area contributed by atoms with Crippen molar-refractivity contribution in [3.63, 3.8) is 0 Å². The van der Waals surface area contributed by atoms with Crippen LogP contribution in [-0.4, -0.2) is 29.3 Å². The van der Waals surface area contributed by atoms with Gasteiger partial charge in [0.15, 0.2) is 5.17 Å². The van der Waals surface area contributed by atoms with Crippen LogP contribution < -0.4 is 15.4 Å². The number of nitrogens with two attached hydrogens (primary N) is 1. The lowest BCUT2D eigenvalue weighted by Crippen LogP contribution is -2.34. The first-order valence-corrected chi connectivity index (χ1v) is 10.5. The number of aliphatic imine (C=N–C) groups is 1. The molecule has 2 aromatic rings. The van der Waals surface area contributed by atoms with Gasteiger partial charge in [0.2, 0.25) is 5.91 Å². The molecule has 1 unspecified atom stereocenters. The summed E-state index contributed by atoms with van der Waals surface area (Å²) < 4.78 is 5.18. The number of nitrogens with zero attached hydrogens (tertiary/aromatic N) is 2. The number of primary amides is 1. The minimum absolute atomic E-state index is 0.238. The van der Waals surface area contributed by atoms with Crippen LogP contribution in [0.2, 0.25) is 0 Å². The fourth-order valence-corrected chi connectivity index (χ4v) is 4.19. The highest BCUT2D eigenvalue weighted by molar-refractivity contribution is 8.15. The van der Waals surface area contributed by atoms with Gasteiger partial charge in [0, 0.05) is 0 Å². The summed E-state index contributed by atoms with van der Waals surface area (Å²) in [6.07, 6.45) is 2.28. The molecule has 1 heterocycles. The first-order chi connectivity index (χ1) is 14.3. The third-order valence-electron chi connectivity index (χ3n) is 4.65. The number of aryl methyl sites for hydroxylation is 2. The average molecular weight is 424 g/mol. The van der Waals surface area contributed by atoms with E-state index in [1.54, 1.807) is 18.1 Å². The van der Waals surface area contributed by atoms with Crippen molar-refractivity contribution in [2.24, 2.45) is 10.7 Å². The van der Waals surface area contributed by atoms with E-state index in [1.807, 2.05) is 63.2 Å². The van der Waals surface area contributed by atoms with Crippen molar-refractivity contribution in [2.75, 3.05) is 12.0 Å². The van der Waals surface area contributed by atoms with Crippen molar-refractivity contribution >= 4 is 40.5 Å². The van der Waals surface area contributed by atoms with Gasteiger partial charge in [0.1, 0.15) is 11.4 Å². The van der Waals surface area contributed by atoms with Crippen molar-refractivity contribution < 1.29 is 14.3 Å². The minimum atomic E-state index is -0.467. The van der Waals surface area contributed by atoms with E-state index in [0.29, 0.717) is 17.3 Å². The Morgan fingerprint density at radius 2 is 1.83 bits per heavy atom. The van der Waals surface area contributed by atoms with E-state index >= 15 is 0 Å². The minimum Gasteiger partial charge on any atom is -0.497 e. The summed E-state index contributed by atoms with van der Waals surface area (Å²) in [6, 6.07) is 13.3. The predicted molar refractivity (Wildman–Crippen MR) is 123 cm³/mol. The molecular formula is C23H25N3O3S. The van der Waals surface area contributed by atoms with Gasteiger partial charge >= 0.3 is 0 Å². The van der Waals surface area contributed by atoms with Crippen LogP contribution in [0.1, 0.15) is 30.0 Å². The number of methoxy groups -OCH3 is 1. The second kappa shape index (κ2) is 9.17. The first kappa shape index (κ1) is 21.6. The molecule has 0 aromatic heterocycles. The molecule has 0 fully saturated rings. The molecule has 0 saturated carbocycles. The summed E-state index contributed by atoms with van der Waals surface area (Å²) in [7, 11) is 1.60. The Balaban J connectivity index is 2.03. The van der Waals surface area contributed by atoms with Gasteiger partial charge in [-0.2, -0.15) is 0 Å². The van der Waals surface area contributed by atoms with Crippen molar-refractivity contribution in [3.05, 3.63) is 64.9 Å². The number of hydrogen-bond donors (Lipinski definition) is 1. The zero-order chi connectivity index (χ0) is 21.8. The summed E-state index contributed by atoms with van der Waals surface area (Å²) in [4.78, 5) is 31.2. The number of anilines is 1. The highest BCUT2D eigenvalue weighted by Gasteiger charge is 2.34. The number of thioether (sulfide) groups is 1. The summed E-state index contributed by atoms with van der Waals surface area (Å²) in [5.74, 6) is 0.0713. The van der Waals surface area contributed by atoms with E-state index < -0.39 is 11.2 Å². The molecule has 0 radical (unpaired) electrons. The second-order valence-corrected chi connectivity index (χ2v) is 8.27. The quantitative estimate of drug-likeness (QED) is 0.710. The number of amidine groups is 1. The number of carbonyl (C=O) groups excluding carboxylic acids is 2. The zero-order valence-corrected chi connectivity index (χ0v) is 18.3. The molecule has 1 atom stereocenters. The van der Waals surface area contributed by atoms with E-state index in [2.05, 4.69) is 4.99 Å². The second-order valence-electron chi connectivity index (χ2n) is 7.10. The summed E-state index contributed by atoms with van der Waals surface area (Å²) in [6.45, 7) is 5.84. The van der Waals surface area contributed by atoms with Crippen LogP contribution in [0.4, 0.5) is 5.69 Å². The van der Waals surface area contributed by atoms with Gasteiger partial charge in [-0.05, 0) is 67.3 Å². The lowest BCUT2D eigenvalue weighted by Gasteiger charge is -2.21. The summed E-state index contributed by atoms with van der Waals surface area (Å²) >= 11 is 1.22. The van der Waals surface area contributed by atoms with Crippen LogP contribution in [0.15, 0.2) is 53.2 Å². The van der Waals surface area contributed by atoms with Gasteiger partial charge in [-0.15, -0.1) is 0 Å². The standard InChI is InChI=1S/C23H25N3O3S/c1-5-20(21(24)27)30-23-25-19(13-16-6-8-18(29-4)9-7-16)22(28)26(23)17-11-14(2)10-15(3)12-17/h6-13,20H,5H2,1-4H3,(H2,24,27)/b19-13+. The number of ether oxygens (including phenoxy) is 1. The first-order valence-electron chi connectivity index (χ1n) is 9.65. The van der Waals surface area contributed by atoms with Crippen molar-refractivity contribution in [3.8, 4) is 5.75 Å². The summed E-state index contributed by atoms with van der Waals surface area (Å²) in [5, 5.41) is -0.0132. The van der Waals surface area contributed by atoms with Gasteiger partial charge in [-0.3, -0.25) is 14.5 Å². The van der Waals surface area contributed by atoms with Crippen LogP contribution in [0.25, 0.3) is 6.08 Å². The largest absolute Gasteiger partial charge is 0.497 e. The normalized spacial score (nSPS) is 16.0. The van der Waals surface area contributed by atoms with Crippen LogP contribution in [0, 0.1) is 13.8 Å². The number of carbonyl (C=O) groups is 2. The maximum absolute atomic E-state index is 13.3. The molecular weight excluding hydrogens is 398 g/mol. The lowest BCUT2D eigenvalue weighted by molar-refractivity contribution is -0.117. The topological polar surface area (TPSA) is 85.0 Å². The monoisotopic (exact) mass is 423 g/mol. The maximum atomic E-state index is 13.3. The molecule has 6 nitrogen and oxygen atoms in total. The Hall–Kier alpha value is -3.06. The highest BCUT2D eigenvalue weighted by atomic mass is 32.2. The van der Waals surface area contributed by atoms with E-state index in [-0.39, 0.29) is 5.91 Å². The van der Waals surface area contributed by atoms with Crippen molar-refractivity contribution in [1.82, 2.24) is 0 Å². The van der Waals surface area contributed by atoms with Gasteiger partial charge < -0.3 is 10.5 Å². The molecule has 7 heteroatoms. The number of amides is 2. The number of hydrogen-bond acceptors (Lipinski definition) is 5. The number of rotatable bonds is 6. The molecule has 1 aliphatic heterocycles. The molecule has 2 amide bonds. The molecule has 1 aliphatic rings. The van der Waals surface area contributed by atoms with Gasteiger partial charge in [0.25, 0.3) is 5.91 Å². The van der Waals surface area contributed by atoms with Crippen molar-refractivity contribution in [1.29, 1.82) is 0 Å². The van der Waals surface area contributed by atoms with Crippen LogP contribution >= 0.6 is 11.8 Å². The highest BCUT2D eigenvalue weighted by Crippen LogP contribution is 2.33. The Labute approximate surface area is 180 Å². The van der Waals surface area contributed by atoms with Gasteiger partial charge in [-0.1, -0.05) is 36.9 Å². The molecule has 0 spiro atoms. The van der Waals surface area contributed by atoms with Crippen LogP contribution in [0.5, 0.6) is 5.75 Å². The Morgan fingerprint density at radius 3 is 2.37 bits per heavy atom. The van der Waals surface area contributed by atoms with E-state index in [9.17, 15) is 9.59 Å². The molecule has 2 N–H and O–H groups in total. The fourth-order valence-electron chi connectivity index (χ4n) is 3.21. The summed E-state index contributed by atoms with van der Waals surface area (Å²) in [5.41, 5.74) is 9.47. The molecule has 0 aliphatic carbocycles. The smallest absolute Gasteiger partial charge is 0.283 e. The Morgan fingerprint density at radius 1 is 1.20 bits per heavy atom. The fraction of sp³-hybridized carbons (Fsp3) is 0.261. The molecule has 30 heavy (non-hydrogen) atoms. The molecule has 0 bridgehead atoms. The van der Waals surface area contributed by atoms with Gasteiger partial charge in [-0.25, -0.2) is 4.99 Å². The average Bonchev–Trinajstić information content (AvgIpc) is 3.00. The molecule has 0 saturated heterocycles. The van der Waals surface area contributed by atoms with Crippen molar-refractivity contribution in [2.45, 2.75) is 32.4 Å². The van der Waals surface area contributed by atoms with Crippen LogP contribution in [0.3, 0.4) is 0 Å². The lowest BCUT2D eigenvalue weighted by atomic mass is 10.1. The number of benzene rings is 2. The third kappa shape index (κ3) is 4.74. The Bertz CT molecular complexity index is 1010. The molecule has 156 valence electrons. The zero-order valence-electron chi connectivity index (χ0n) is 17.5. The van der Waals surface area contributed by atoms with Crippen LogP contribution in [-0.2, 0) is 9.59 Å². The predicted octanol–water partition coefficient (Wildman–Crippen LogP) is 4.05.